The Kier molecular flexibility index (Phi) is 4.11. The van der Waals surface area contributed by atoms with Gasteiger partial charge in [-0.05, 0) is 32.4 Å². The Labute approximate surface area is 114 Å². The van der Waals surface area contributed by atoms with E-state index in [4.69, 9.17) is 0 Å². The van der Waals surface area contributed by atoms with Crippen LogP contribution in [0.5, 0.6) is 0 Å². The summed E-state index contributed by atoms with van der Waals surface area (Å²) in [7, 11) is 0. The first-order chi connectivity index (χ1) is 9.06. The average molecular weight is 277 g/mol. The molecule has 0 atom stereocenters. The van der Waals surface area contributed by atoms with Crippen molar-refractivity contribution in [1.29, 1.82) is 0 Å². The van der Waals surface area contributed by atoms with Crippen LogP contribution in [0.4, 0.5) is 0 Å². The third kappa shape index (κ3) is 3.51. The fourth-order valence-electron chi connectivity index (χ4n) is 1.66. The average Bonchev–Trinajstić information content (AvgIpc) is 2.75. The second kappa shape index (κ2) is 5.79. The van der Waals surface area contributed by atoms with Crippen LogP contribution in [-0.2, 0) is 6.42 Å². The molecule has 5 nitrogen and oxygen atoms in total. The van der Waals surface area contributed by atoms with E-state index < -0.39 is 5.56 Å². The minimum Gasteiger partial charge on any atom is -0.351 e. The number of nitrogens with one attached hydrogen (secondary N) is 2. The van der Waals surface area contributed by atoms with Crippen LogP contribution in [0.15, 0.2) is 23.1 Å². The monoisotopic (exact) mass is 277 g/mol. The van der Waals surface area contributed by atoms with Gasteiger partial charge in [0.1, 0.15) is 11.4 Å². The van der Waals surface area contributed by atoms with E-state index in [1.807, 2.05) is 13.0 Å². The van der Waals surface area contributed by atoms with Gasteiger partial charge < -0.3 is 10.3 Å². The number of hydrogen-bond acceptors (Lipinski definition) is 4. The van der Waals surface area contributed by atoms with Gasteiger partial charge in [0.15, 0.2) is 0 Å². The van der Waals surface area contributed by atoms with Crippen LogP contribution in [0, 0.1) is 13.8 Å². The van der Waals surface area contributed by atoms with Gasteiger partial charge in [-0.25, -0.2) is 4.98 Å². The molecule has 0 aliphatic rings. The number of aryl methyl sites for hydroxylation is 2. The lowest BCUT2D eigenvalue weighted by Crippen LogP contribution is -2.31. The van der Waals surface area contributed by atoms with Crippen LogP contribution < -0.4 is 10.9 Å². The van der Waals surface area contributed by atoms with Crippen molar-refractivity contribution in [2.75, 3.05) is 6.54 Å². The van der Waals surface area contributed by atoms with E-state index in [-0.39, 0.29) is 11.5 Å². The number of H-pyrrole nitrogens is 1. The minimum atomic E-state index is -0.406. The summed E-state index contributed by atoms with van der Waals surface area (Å²) in [5, 5.41) is 2.72. The van der Waals surface area contributed by atoms with Gasteiger partial charge in [0.05, 0.1) is 0 Å². The molecule has 2 heterocycles. The summed E-state index contributed by atoms with van der Waals surface area (Å²) in [6, 6.07) is 4.10. The van der Waals surface area contributed by atoms with Crippen molar-refractivity contribution in [2.24, 2.45) is 0 Å². The predicted molar refractivity (Wildman–Crippen MR) is 74.7 cm³/mol. The highest BCUT2D eigenvalue weighted by atomic mass is 32.1. The van der Waals surface area contributed by atoms with E-state index in [0.717, 1.165) is 6.42 Å². The van der Waals surface area contributed by atoms with Crippen molar-refractivity contribution >= 4 is 17.2 Å². The summed E-state index contributed by atoms with van der Waals surface area (Å²) in [5.74, 6) is 0.109. The fourth-order valence-corrected chi connectivity index (χ4v) is 2.55. The molecule has 0 bridgehead atoms. The Morgan fingerprint density at radius 2 is 2.21 bits per heavy atom. The zero-order valence-electron chi connectivity index (χ0n) is 10.8. The summed E-state index contributed by atoms with van der Waals surface area (Å²) < 4.78 is 0. The largest absolute Gasteiger partial charge is 0.351 e. The molecule has 2 N–H and O–H groups in total. The van der Waals surface area contributed by atoms with E-state index in [2.05, 4.69) is 21.4 Å². The topological polar surface area (TPSA) is 74.8 Å². The highest BCUT2D eigenvalue weighted by Gasteiger charge is 2.10. The second-order valence-corrected chi connectivity index (χ2v) is 5.60. The molecule has 0 unspecified atom stereocenters. The Morgan fingerprint density at radius 1 is 1.42 bits per heavy atom. The zero-order valence-corrected chi connectivity index (χ0v) is 11.6. The fraction of sp³-hybridized carbons (Fsp3) is 0.308. The van der Waals surface area contributed by atoms with E-state index in [1.165, 1.54) is 16.0 Å². The zero-order chi connectivity index (χ0) is 13.8. The van der Waals surface area contributed by atoms with Crippen molar-refractivity contribution in [3.8, 4) is 0 Å². The van der Waals surface area contributed by atoms with Crippen molar-refractivity contribution in [2.45, 2.75) is 20.3 Å². The molecular weight excluding hydrogens is 262 g/mol. The molecule has 19 heavy (non-hydrogen) atoms. The van der Waals surface area contributed by atoms with Crippen molar-refractivity contribution < 1.29 is 4.79 Å². The molecular formula is C13H15N3O2S. The van der Waals surface area contributed by atoms with Crippen molar-refractivity contribution in [1.82, 2.24) is 15.3 Å². The Hall–Kier alpha value is -1.95. The second-order valence-electron chi connectivity index (χ2n) is 4.23. The molecule has 2 aromatic heterocycles. The van der Waals surface area contributed by atoms with Gasteiger partial charge in [-0.3, -0.25) is 9.59 Å². The maximum atomic E-state index is 11.8. The van der Waals surface area contributed by atoms with Gasteiger partial charge in [-0.2, -0.15) is 0 Å². The molecule has 6 heteroatoms. The van der Waals surface area contributed by atoms with Gasteiger partial charge in [-0.15, -0.1) is 11.3 Å². The first-order valence-corrected chi connectivity index (χ1v) is 6.77. The third-order valence-electron chi connectivity index (χ3n) is 2.62. The minimum absolute atomic E-state index is 0.0490. The molecule has 0 saturated heterocycles. The number of carbonyl (C=O) groups excluding carboxylic acids is 1. The molecule has 0 aromatic carbocycles. The van der Waals surface area contributed by atoms with Crippen LogP contribution >= 0.6 is 11.3 Å². The first-order valence-electron chi connectivity index (χ1n) is 5.95. The SMILES string of the molecule is Cc1ncc(C(=O)NCCc2ccc(C)s2)c(=O)[nH]1. The molecule has 0 saturated carbocycles. The van der Waals surface area contributed by atoms with Crippen LogP contribution in [0.3, 0.4) is 0 Å². The Morgan fingerprint density at radius 3 is 2.84 bits per heavy atom. The van der Waals surface area contributed by atoms with Gasteiger partial charge in [0.25, 0.3) is 11.5 Å². The number of aromatic amines is 1. The van der Waals surface area contributed by atoms with Gasteiger partial charge >= 0.3 is 0 Å². The number of aromatic nitrogens is 2. The maximum Gasteiger partial charge on any atom is 0.263 e. The molecule has 2 aromatic rings. The first kappa shape index (κ1) is 13.5. The molecule has 0 aliphatic heterocycles. The third-order valence-corrected chi connectivity index (χ3v) is 3.68. The standard InChI is InChI=1S/C13H15N3O2S/c1-8-3-4-10(19-8)5-6-14-12(17)11-7-15-9(2)16-13(11)18/h3-4,7H,5-6H2,1-2H3,(H,14,17)(H,15,16,18). The molecule has 0 fully saturated rings. The number of nitrogens with zero attached hydrogens (tertiary/aromatic N) is 1. The highest BCUT2D eigenvalue weighted by molar-refractivity contribution is 7.11. The van der Waals surface area contributed by atoms with Crippen LogP contribution in [0.2, 0.25) is 0 Å². The summed E-state index contributed by atoms with van der Waals surface area (Å²) in [4.78, 5) is 32.3. The molecule has 1 amide bonds. The van der Waals surface area contributed by atoms with E-state index in [0.29, 0.717) is 12.4 Å². The lowest BCUT2D eigenvalue weighted by atomic mass is 10.3. The molecule has 0 spiro atoms. The molecule has 0 aliphatic carbocycles. The van der Waals surface area contributed by atoms with E-state index in [1.54, 1.807) is 18.3 Å². The predicted octanol–water partition coefficient (Wildman–Crippen LogP) is 1.42. The highest BCUT2D eigenvalue weighted by Crippen LogP contribution is 2.14. The summed E-state index contributed by atoms with van der Waals surface area (Å²) in [6.45, 7) is 4.22. The number of hydrogen-bond donors (Lipinski definition) is 2. The van der Waals surface area contributed by atoms with E-state index >= 15 is 0 Å². The Bertz CT molecular complexity index is 645. The maximum absolute atomic E-state index is 11.8. The lowest BCUT2D eigenvalue weighted by Gasteiger charge is -2.03. The van der Waals surface area contributed by atoms with Gasteiger partial charge in [-0.1, -0.05) is 0 Å². The number of amides is 1. The van der Waals surface area contributed by atoms with Crippen molar-refractivity contribution in [3.05, 3.63) is 49.8 Å². The Balaban J connectivity index is 1.92. The quantitative estimate of drug-likeness (QED) is 0.887. The van der Waals surface area contributed by atoms with Gasteiger partial charge in [0, 0.05) is 22.5 Å². The summed E-state index contributed by atoms with van der Waals surface area (Å²) in [6.07, 6.45) is 2.07. The van der Waals surface area contributed by atoms with E-state index in [9.17, 15) is 9.59 Å². The number of thiophene rings is 1. The lowest BCUT2D eigenvalue weighted by molar-refractivity contribution is 0.0952. The molecule has 0 radical (unpaired) electrons. The number of rotatable bonds is 4. The molecule has 100 valence electrons. The number of carbonyl (C=O) groups is 1. The normalized spacial score (nSPS) is 10.4. The van der Waals surface area contributed by atoms with Crippen LogP contribution in [0.1, 0.15) is 25.9 Å². The van der Waals surface area contributed by atoms with Crippen molar-refractivity contribution in [3.63, 3.8) is 0 Å². The van der Waals surface area contributed by atoms with Gasteiger partial charge in [0.2, 0.25) is 0 Å². The van der Waals surface area contributed by atoms with Crippen LogP contribution in [0.25, 0.3) is 0 Å². The summed E-state index contributed by atoms with van der Waals surface area (Å²) in [5.41, 5.74) is -0.357. The summed E-state index contributed by atoms with van der Waals surface area (Å²) >= 11 is 1.71. The molecule has 2 rings (SSSR count). The smallest absolute Gasteiger partial charge is 0.263 e. The van der Waals surface area contributed by atoms with Crippen LogP contribution in [-0.4, -0.2) is 22.4 Å².